The van der Waals surface area contributed by atoms with Gasteiger partial charge >= 0.3 is 0 Å². The first-order valence-corrected chi connectivity index (χ1v) is 6.63. The molecule has 1 atom stereocenters. The van der Waals surface area contributed by atoms with E-state index in [1.165, 1.54) is 16.8 Å². The molecule has 2 aromatic rings. The summed E-state index contributed by atoms with van der Waals surface area (Å²) in [6.07, 6.45) is 1.08. The van der Waals surface area contributed by atoms with Crippen LogP contribution in [0.1, 0.15) is 29.2 Å². The standard InChI is InChI=1S/C14H14BrNO/c1-9-2-3-10-11(6-7-16-12(10)8-9)13-4-5-14(15)17-13/h2-5,8,11,16H,6-7H2,1H3. The van der Waals surface area contributed by atoms with Gasteiger partial charge in [0.05, 0.1) is 0 Å². The number of anilines is 1. The number of hydrogen-bond donors (Lipinski definition) is 1. The molecule has 1 unspecified atom stereocenters. The average Bonchev–Trinajstić information content (AvgIpc) is 2.74. The SMILES string of the molecule is Cc1ccc2c(c1)NCCC2c1ccc(Br)o1. The summed E-state index contributed by atoms with van der Waals surface area (Å²) in [6.45, 7) is 3.12. The molecule has 1 N–H and O–H groups in total. The van der Waals surface area contributed by atoms with Crippen LogP contribution in [0.5, 0.6) is 0 Å². The lowest BCUT2D eigenvalue weighted by Gasteiger charge is -2.25. The molecular weight excluding hydrogens is 278 g/mol. The summed E-state index contributed by atoms with van der Waals surface area (Å²) >= 11 is 3.37. The fourth-order valence-electron chi connectivity index (χ4n) is 2.44. The minimum atomic E-state index is 0.373. The smallest absolute Gasteiger partial charge is 0.169 e. The van der Waals surface area contributed by atoms with Crippen LogP contribution in [-0.2, 0) is 0 Å². The van der Waals surface area contributed by atoms with E-state index >= 15 is 0 Å². The molecule has 0 amide bonds. The van der Waals surface area contributed by atoms with Gasteiger partial charge in [0, 0.05) is 18.2 Å². The van der Waals surface area contributed by atoms with Gasteiger partial charge in [-0.05, 0) is 58.6 Å². The van der Waals surface area contributed by atoms with Crippen molar-refractivity contribution in [2.75, 3.05) is 11.9 Å². The predicted octanol–water partition coefficient (Wildman–Crippen LogP) is 4.30. The molecule has 0 saturated carbocycles. The van der Waals surface area contributed by atoms with E-state index in [0.717, 1.165) is 23.4 Å². The molecule has 2 heterocycles. The fourth-order valence-corrected chi connectivity index (χ4v) is 2.76. The van der Waals surface area contributed by atoms with Crippen molar-refractivity contribution in [1.29, 1.82) is 0 Å². The maximum atomic E-state index is 5.70. The zero-order valence-electron chi connectivity index (χ0n) is 9.66. The Morgan fingerprint density at radius 3 is 2.94 bits per heavy atom. The Balaban J connectivity index is 2.05. The highest BCUT2D eigenvalue weighted by Crippen LogP contribution is 2.38. The zero-order valence-corrected chi connectivity index (χ0v) is 11.3. The first-order valence-electron chi connectivity index (χ1n) is 5.84. The Bertz CT molecular complexity index is 547. The maximum absolute atomic E-state index is 5.70. The Morgan fingerprint density at radius 1 is 1.29 bits per heavy atom. The van der Waals surface area contributed by atoms with Crippen LogP contribution in [0, 0.1) is 6.92 Å². The number of benzene rings is 1. The molecule has 1 aromatic carbocycles. The molecule has 0 spiro atoms. The molecule has 2 nitrogen and oxygen atoms in total. The highest BCUT2D eigenvalue weighted by Gasteiger charge is 2.24. The van der Waals surface area contributed by atoms with Gasteiger partial charge in [-0.15, -0.1) is 0 Å². The van der Waals surface area contributed by atoms with Crippen molar-refractivity contribution in [3.05, 3.63) is 51.9 Å². The molecule has 1 aliphatic heterocycles. The molecule has 3 rings (SSSR count). The molecule has 88 valence electrons. The van der Waals surface area contributed by atoms with Gasteiger partial charge in [0.25, 0.3) is 0 Å². The molecular formula is C14H14BrNO. The van der Waals surface area contributed by atoms with Crippen LogP contribution in [0.15, 0.2) is 39.4 Å². The second-order valence-corrected chi connectivity index (χ2v) is 5.28. The van der Waals surface area contributed by atoms with Crippen molar-refractivity contribution in [1.82, 2.24) is 0 Å². The number of hydrogen-bond acceptors (Lipinski definition) is 2. The summed E-state index contributed by atoms with van der Waals surface area (Å²) in [5.41, 5.74) is 3.87. The van der Waals surface area contributed by atoms with Crippen LogP contribution < -0.4 is 5.32 Å². The third kappa shape index (κ3) is 2.00. The molecule has 1 aliphatic rings. The van der Waals surface area contributed by atoms with Gasteiger partial charge in [-0.3, -0.25) is 0 Å². The van der Waals surface area contributed by atoms with Gasteiger partial charge in [0.2, 0.25) is 0 Å². The molecule has 0 fully saturated rings. The van der Waals surface area contributed by atoms with Crippen molar-refractivity contribution >= 4 is 21.6 Å². The van der Waals surface area contributed by atoms with E-state index < -0.39 is 0 Å². The quantitative estimate of drug-likeness (QED) is 0.847. The summed E-state index contributed by atoms with van der Waals surface area (Å²) in [5.74, 6) is 1.42. The van der Waals surface area contributed by atoms with E-state index in [-0.39, 0.29) is 0 Å². The Hall–Kier alpha value is -1.22. The van der Waals surface area contributed by atoms with E-state index in [2.05, 4.69) is 52.4 Å². The van der Waals surface area contributed by atoms with Crippen molar-refractivity contribution in [3.8, 4) is 0 Å². The maximum Gasteiger partial charge on any atom is 0.169 e. The van der Waals surface area contributed by atoms with Crippen LogP contribution >= 0.6 is 15.9 Å². The Labute approximate surface area is 109 Å². The van der Waals surface area contributed by atoms with E-state index in [4.69, 9.17) is 4.42 Å². The third-order valence-electron chi connectivity index (χ3n) is 3.27. The van der Waals surface area contributed by atoms with Gasteiger partial charge in [-0.25, -0.2) is 0 Å². The van der Waals surface area contributed by atoms with E-state index in [1.807, 2.05) is 6.07 Å². The van der Waals surface area contributed by atoms with Crippen molar-refractivity contribution in [2.24, 2.45) is 0 Å². The molecule has 1 aromatic heterocycles. The largest absolute Gasteiger partial charge is 0.454 e. The first-order chi connectivity index (χ1) is 8.24. The first kappa shape index (κ1) is 10.9. The molecule has 3 heteroatoms. The molecule has 0 radical (unpaired) electrons. The Morgan fingerprint density at radius 2 is 2.18 bits per heavy atom. The third-order valence-corrected chi connectivity index (χ3v) is 3.70. The molecule has 0 saturated heterocycles. The van der Waals surface area contributed by atoms with Crippen LogP contribution in [0.4, 0.5) is 5.69 Å². The number of rotatable bonds is 1. The van der Waals surface area contributed by atoms with Crippen LogP contribution in [0.3, 0.4) is 0 Å². The van der Waals surface area contributed by atoms with Gasteiger partial charge in [-0.1, -0.05) is 12.1 Å². The topological polar surface area (TPSA) is 25.2 Å². The summed E-state index contributed by atoms with van der Waals surface area (Å²) in [4.78, 5) is 0. The van der Waals surface area contributed by atoms with Crippen LogP contribution in [-0.4, -0.2) is 6.54 Å². The summed E-state index contributed by atoms with van der Waals surface area (Å²) in [5, 5.41) is 3.46. The Kier molecular flexibility index (Phi) is 2.71. The lowest BCUT2D eigenvalue weighted by Crippen LogP contribution is -2.17. The van der Waals surface area contributed by atoms with Crippen LogP contribution in [0.2, 0.25) is 0 Å². The lowest BCUT2D eigenvalue weighted by molar-refractivity contribution is 0.457. The molecule has 17 heavy (non-hydrogen) atoms. The summed E-state index contributed by atoms with van der Waals surface area (Å²) in [7, 11) is 0. The number of fused-ring (bicyclic) bond motifs is 1. The van der Waals surface area contributed by atoms with Gasteiger partial charge in [-0.2, -0.15) is 0 Å². The van der Waals surface area contributed by atoms with Gasteiger partial charge in [0.1, 0.15) is 5.76 Å². The number of aryl methyl sites for hydroxylation is 1. The monoisotopic (exact) mass is 291 g/mol. The van der Waals surface area contributed by atoms with E-state index in [0.29, 0.717) is 5.92 Å². The van der Waals surface area contributed by atoms with Crippen molar-refractivity contribution < 1.29 is 4.42 Å². The van der Waals surface area contributed by atoms with E-state index in [9.17, 15) is 0 Å². The minimum Gasteiger partial charge on any atom is -0.454 e. The van der Waals surface area contributed by atoms with Gasteiger partial charge < -0.3 is 9.73 Å². The van der Waals surface area contributed by atoms with Crippen molar-refractivity contribution in [2.45, 2.75) is 19.3 Å². The van der Waals surface area contributed by atoms with E-state index in [1.54, 1.807) is 0 Å². The zero-order chi connectivity index (χ0) is 11.8. The van der Waals surface area contributed by atoms with Crippen molar-refractivity contribution in [3.63, 3.8) is 0 Å². The molecule has 0 aliphatic carbocycles. The second kappa shape index (κ2) is 4.22. The normalized spacial score (nSPS) is 18.6. The fraction of sp³-hybridized carbons (Fsp3) is 0.286. The minimum absolute atomic E-state index is 0.373. The number of halogens is 1. The highest BCUT2D eigenvalue weighted by molar-refractivity contribution is 9.10. The second-order valence-electron chi connectivity index (χ2n) is 4.50. The summed E-state index contributed by atoms with van der Waals surface area (Å²) in [6, 6.07) is 10.6. The average molecular weight is 292 g/mol. The highest BCUT2D eigenvalue weighted by atomic mass is 79.9. The predicted molar refractivity (Wildman–Crippen MR) is 72.5 cm³/mol. The number of nitrogens with one attached hydrogen (secondary N) is 1. The van der Waals surface area contributed by atoms with Crippen LogP contribution in [0.25, 0.3) is 0 Å². The number of furan rings is 1. The van der Waals surface area contributed by atoms with Gasteiger partial charge in [0.15, 0.2) is 4.67 Å². The lowest BCUT2D eigenvalue weighted by atomic mass is 9.88. The summed E-state index contributed by atoms with van der Waals surface area (Å²) < 4.78 is 6.50. The molecule has 0 bridgehead atoms.